The van der Waals surface area contributed by atoms with Gasteiger partial charge in [0.1, 0.15) is 5.75 Å². The SMILES string of the molecule is COc1ccc2c(c1)/C(=C\N1CCN(c3ccccc3)CC1)C(=O)N2. The number of piperazine rings is 1. The second kappa shape index (κ2) is 6.51. The van der Waals surface area contributed by atoms with Crippen molar-refractivity contribution in [2.24, 2.45) is 0 Å². The van der Waals surface area contributed by atoms with Crippen LogP contribution >= 0.6 is 0 Å². The summed E-state index contributed by atoms with van der Waals surface area (Å²) in [5.74, 6) is 0.712. The zero-order valence-corrected chi connectivity index (χ0v) is 14.2. The average Bonchev–Trinajstić information content (AvgIpc) is 2.97. The maximum atomic E-state index is 12.3. The van der Waals surface area contributed by atoms with Crippen LogP contribution in [0.15, 0.2) is 54.7 Å². The summed E-state index contributed by atoms with van der Waals surface area (Å²) in [4.78, 5) is 16.9. The minimum Gasteiger partial charge on any atom is -0.497 e. The highest BCUT2D eigenvalue weighted by Crippen LogP contribution is 2.34. The summed E-state index contributed by atoms with van der Waals surface area (Å²) in [7, 11) is 1.64. The van der Waals surface area contributed by atoms with Gasteiger partial charge in [-0.05, 0) is 30.3 Å². The molecule has 0 aliphatic carbocycles. The molecule has 5 nitrogen and oxygen atoms in total. The van der Waals surface area contributed by atoms with Crippen molar-refractivity contribution in [2.45, 2.75) is 0 Å². The van der Waals surface area contributed by atoms with Crippen molar-refractivity contribution in [2.75, 3.05) is 43.5 Å². The molecule has 2 aromatic carbocycles. The Morgan fingerprint density at radius 2 is 1.80 bits per heavy atom. The number of anilines is 2. The molecule has 2 aliphatic rings. The Kier molecular flexibility index (Phi) is 4.06. The Balaban J connectivity index is 1.50. The van der Waals surface area contributed by atoms with Crippen molar-refractivity contribution < 1.29 is 9.53 Å². The van der Waals surface area contributed by atoms with Crippen molar-refractivity contribution in [3.05, 3.63) is 60.3 Å². The van der Waals surface area contributed by atoms with Gasteiger partial charge >= 0.3 is 0 Å². The number of rotatable bonds is 3. The first-order valence-corrected chi connectivity index (χ1v) is 8.50. The fraction of sp³-hybridized carbons (Fsp3) is 0.250. The number of hydrogen-bond donors (Lipinski definition) is 1. The molecule has 0 spiro atoms. The fourth-order valence-electron chi connectivity index (χ4n) is 3.35. The van der Waals surface area contributed by atoms with E-state index in [4.69, 9.17) is 4.74 Å². The highest BCUT2D eigenvalue weighted by atomic mass is 16.5. The lowest BCUT2D eigenvalue weighted by Gasteiger charge is -2.35. The first-order valence-electron chi connectivity index (χ1n) is 8.50. The van der Waals surface area contributed by atoms with Gasteiger partial charge in [-0.3, -0.25) is 4.79 Å². The van der Waals surface area contributed by atoms with E-state index in [1.807, 2.05) is 30.5 Å². The van der Waals surface area contributed by atoms with Crippen LogP contribution in [-0.4, -0.2) is 44.1 Å². The molecule has 128 valence electrons. The Morgan fingerprint density at radius 3 is 2.52 bits per heavy atom. The molecule has 2 heterocycles. The van der Waals surface area contributed by atoms with Crippen LogP contribution < -0.4 is 15.0 Å². The summed E-state index contributed by atoms with van der Waals surface area (Å²) < 4.78 is 5.29. The van der Waals surface area contributed by atoms with Gasteiger partial charge in [0, 0.05) is 49.3 Å². The normalized spacial score (nSPS) is 18.3. The molecule has 0 radical (unpaired) electrons. The first kappa shape index (κ1) is 15.6. The first-order chi connectivity index (χ1) is 12.2. The number of carbonyl (C=O) groups excluding carboxylic acids is 1. The number of benzene rings is 2. The Hall–Kier alpha value is -2.95. The van der Waals surface area contributed by atoms with Gasteiger partial charge in [0.2, 0.25) is 0 Å². The Morgan fingerprint density at radius 1 is 1.04 bits per heavy atom. The van der Waals surface area contributed by atoms with E-state index >= 15 is 0 Å². The molecule has 0 unspecified atom stereocenters. The minimum absolute atomic E-state index is 0.0475. The lowest BCUT2D eigenvalue weighted by molar-refractivity contribution is -0.110. The molecule has 0 bridgehead atoms. The Labute approximate surface area is 147 Å². The predicted molar refractivity (Wildman–Crippen MR) is 99.8 cm³/mol. The number of carbonyl (C=O) groups is 1. The molecule has 0 saturated carbocycles. The highest BCUT2D eigenvalue weighted by molar-refractivity contribution is 6.31. The van der Waals surface area contributed by atoms with Crippen LogP contribution in [0, 0.1) is 0 Å². The molecule has 1 N–H and O–H groups in total. The van der Waals surface area contributed by atoms with E-state index in [1.165, 1.54) is 5.69 Å². The number of para-hydroxylation sites is 1. The predicted octanol–water partition coefficient (Wildman–Crippen LogP) is 2.81. The van der Waals surface area contributed by atoms with Crippen LogP contribution in [0.1, 0.15) is 5.56 Å². The van der Waals surface area contributed by atoms with Crippen LogP contribution in [-0.2, 0) is 4.79 Å². The quantitative estimate of drug-likeness (QED) is 0.876. The van der Waals surface area contributed by atoms with Crippen LogP contribution in [0.5, 0.6) is 5.75 Å². The third kappa shape index (κ3) is 3.05. The second-order valence-electron chi connectivity index (χ2n) is 6.27. The van der Waals surface area contributed by atoms with E-state index < -0.39 is 0 Å². The van der Waals surface area contributed by atoms with Gasteiger partial charge in [0.15, 0.2) is 0 Å². The van der Waals surface area contributed by atoms with E-state index in [1.54, 1.807) is 7.11 Å². The zero-order chi connectivity index (χ0) is 17.2. The van der Waals surface area contributed by atoms with Crippen LogP contribution in [0.3, 0.4) is 0 Å². The van der Waals surface area contributed by atoms with Gasteiger partial charge in [-0.15, -0.1) is 0 Å². The molecule has 1 saturated heterocycles. The standard InChI is InChI=1S/C20H21N3O2/c1-25-16-7-8-19-17(13-16)18(20(24)21-19)14-22-9-11-23(12-10-22)15-5-3-2-4-6-15/h2-8,13-14H,9-12H2,1H3,(H,21,24)/b18-14+. The molecule has 25 heavy (non-hydrogen) atoms. The summed E-state index contributed by atoms with van der Waals surface area (Å²) in [6, 6.07) is 16.1. The molecule has 0 atom stereocenters. The van der Waals surface area contributed by atoms with Crippen molar-refractivity contribution in [1.29, 1.82) is 0 Å². The monoisotopic (exact) mass is 335 g/mol. The summed E-state index contributed by atoms with van der Waals surface area (Å²) in [5.41, 5.74) is 3.72. The van der Waals surface area contributed by atoms with E-state index in [0.717, 1.165) is 43.2 Å². The molecule has 1 fully saturated rings. The third-order valence-electron chi connectivity index (χ3n) is 4.76. The number of ether oxygens (including phenoxy) is 1. The van der Waals surface area contributed by atoms with Crippen molar-refractivity contribution in [1.82, 2.24) is 4.90 Å². The molecular formula is C20H21N3O2. The van der Waals surface area contributed by atoms with E-state index in [9.17, 15) is 4.79 Å². The molecule has 2 aromatic rings. The number of methoxy groups -OCH3 is 1. The number of hydrogen-bond acceptors (Lipinski definition) is 4. The average molecular weight is 335 g/mol. The van der Waals surface area contributed by atoms with Crippen LogP contribution in [0.4, 0.5) is 11.4 Å². The molecule has 4 rings (SSSR count). The molecular weight excluding hydrogens is 314 g/mol. The van der Waals surface area contributed by atoms with Gasteiger partial charge in [-0.1, -0.05) is 18.2 Å². The summed E-state index contributed by atoms with van der Waals surface area (Å²) in [6.07, 6.45) is 1.99. The summed E-state index contributed by atoms with van der Waals surface area (Å²) in [5, 5.41) is 2.92. The Bertz CT molecular complexity index is 809. The minimum atomic E-state index is -0.0475. The summed E-state index contributed by atoms with van der Waals surface area (Å²) >= 11 is 0. The van der Waals surface area contributed by atoms with Gasteiger partial charge in [-0.2, -0.15) is 0 Å². The smallest absolute Gasteiger partial charge is 0.257 e. The third-order valence-corrected chi connectivity index (χ3v) is 4.76. The number of amides is 1. The van der Waals surface area contributed by atoms with Gasteiger partial charge in [0.25, 0.3) is 5.91 Å². The zero-order valence-electron chi connectivity index (χ0n) is 14.2. The molecule has 2 aliphatic heterocycles. The van der Waals surface area contributed by atoms with E-state index in [0.29, 0.717) is 5.57 Å². The van der Waals surface area contributed by atoms with E-state index in [2.05, 4.69) is 39.4 Å². The maximum Gasteiger partial charge on any atom is 0.257 e. The molecule has 5 heteroatoms. The van der Waals surface area contributed by atoms with Crippen LogP contribution in [0.2, 0.25) is 0 Å². The summed E-state index contributed by atoms with van der Waals surface area (Å²) in [6.45, 7) is 3.68. The van der Waals surface area contributed by atoms with Gasteiger partial charge in [0.05, 0.1) is 12.7 Å². The lowest BCUT2D eigenvalue weighted by Crippen LogP contribution is -2.44. The topological polar surface area (TPSA) is 44.8 Å². The van der Waals surface area contributed by atoms with Crippen molar-refractivity contribution >= 4 is 22.9 Å². The van der Waals surface area contributed by atoms with Crippen molar-refractivity contribution in [3.8, 4) is 5.75 Å². The van der Waals surface area contributed by atoms with Crippen LogP contribution in [0.25, 0.3) is 5.57 Å². The molecule has 1 amide bonds. The number of nitrogens with zero attached hydrogens (tertiary/aromatic N) is 2. The largest absolute Gasteiger partial charge is 0.497 e. The number of fused-ring (bicyclic) bond motifs is 1. The fourth-order valence-corrected chi connectivity index (χ4v) is 3.35. The molecule has 0 aromatic heterocycles. The number of nitrogens with one attached hydrogen (secondary N) is 1. The highest BCUT2D eigenvalue weighted by Gasteiger charge is 2.26. The van der Waals surface area contributed by atoms with Gasteiger partial charge < -0.3 is 19.9 Å². The van der Waals surface area contributed by atoms with Gasteiger partial charge in [-0.25, -0.2) is 0 Å². The van der Waals surface area contributed by atoms with E-state index in [-0.39, 0.29) is 5.91 Å². The maximum absolute atomic E-state index is 12.3. The lowest BCUT2D eigenvalue weighted by atomic mass is 10.1. The van der Waals surface area contributed by atoms with Crippen molar-refractivity contribution in [3.63, 3.8) is 0 Å². The second-order valence-corrected chi connectivity index (χ2v) is 6.27.